The second kappa shape index (κ2) is 8.78. The molecule has 22 heavy (non-hydrogen) atoms. The van der Waals surface area contributed by atoms with Crippen LogP contribution in [0.25, 0.3) is 0 Å². The highest BCUT2D eigenvalue weighted by molar-refractivity contribution is 5.92. The van der Waals surface area contributed by atoms with E-state index in [1.54, 1.807) is 0 Å². The molecule has 2 unspecified atom stereocenters. The lowest BCUT2D eigenvalue weighted by molar-refractivity contribution is -0.144. The SMILES string of the molecule is O=C(CC1CCCCC1)C(O)C(O)C(=O)CC1CCCCC1. The largest absolute Gasteiger partial charge is 0.382 e. The number of hydrogen-bond acceptors (Lipinski definition) is 4. The van der Waals surface area contributed by atoms with Crippen LogP contribution in [-0.2, 0) is 9.59 Å². The van der Waals surface area contributed by atoms with E-state index in [4.69, 9.17) is 0 Å². The summed E-state index contributed by atoms with van der Waals surface area (Å²) in [5.41, 5.74) is 0. The number of rotatable bonds is 7. The Hall–Kier alpha value is -0.740. The van der Waals surface area contributed by atoms with E-state index in [2.05, 4.69) is 0 Å². The standard InChI is InChI=1S/C18H30O4/c19-15(11-13-7-3-1-4-8-13)17(21)18(22)16(20)12-14-9-5-2-6-10-14/h13-14,17-18,21-22H,1-12H2. The van der Waals surface area contributed by atoms with Crippen molar-refractivity contribution in [2.24, 2.45) is 11.8 Å². The Kier molecular flexibility index (Phi) is 7.03. The number of Topliss-reactive ketones (excluding diaryl/α,β-unsaturated/α-hetero) is 2. The van der Waals surface area contributed by atoms with Crippen LogP contribution in [0, 0.1) is 11.8 Å². The van der Waals surface area contributed by atoms with E-state index in [1.165, 1.54) is 12.8 Å². The molecule has 0 amide bonds. The molecule has 0 saturated heterocycles. The minimum atomic E-state index is -1.53. The Balaban J connectivity index is 1.77. The summed E-state index contributed by atoms with van der Waals surface area (Å²) >= 11 is 0. The van der Waals surface area contributed by atoms with Gasteiger partial charge >= 0.3 is 0 Å². The predicted octanol–water partition coefficient (Wildman–Crippen LogP) is 2.79. The van der Waals surface area contributed by atoms with Gasteiger partial charge in [-0.1, -0.05) is 64.2 Å². The summed E-state index contributed by atoms with van der Waals surface area (Å²) in [5.74, 6) is -0.0964. The first-order chi connectivity index (χ1) is 10.6. The van der Waals surface area contributed by atoms with Crippen molar-refractivity contribution in [2.75, 3.05) is 0 Å². The van der Waals surface area contributed by atoms with Crippen LogP contribution in [-0.4, -0.2) is 34.0 Å². The van der Waals surface area contributed by atoms with Crippen LogP contribution in [0.3, 0.4) is 0 Å². The molecule has 0 aromatic heterocycles. The van der Waals surface area contributed by atoms with Gasteiger partial charge in [-0.25, -0.2) is 0 Å². The second-order valence-electron chi connectivity index (χ2n) is 7.24. The van der Waals surface area contributed by atoms with Crippen molar-refractivity contribution in [3.63, 3.8) is 0 Å². The first-order valence-corrected chi connectivity index (χ1v) is 8.99. The van der Waals surface area contributed by atoms with Crippen molar-refractivity contribution in [1.29, 1.82) is 0 Å². The molecule has 2 rings (SSSR count). The zero-order valence-corrected chi connectivity index (χ0v) is 13.5. The fourth-order valence-electron chi connectivity index (χ4n) is 3.95. The van der Waals surface area contributed by atoms with Crippen molar-refractivity contribution < 1.29 is 19.8 Å². The smallest absolute Gasteiger partial charge is 0.164 e. The number of aliphatic hydroxyl groups is 2. The molecule has 4 heteroatoms. The molecule has 2 aliphatic rings. The molecule has 0 spiro atoms. The van der Waals surface area contributed by atoms with Crippen LogP contribution in [0.1, 0.15) is 77.0 Å². The van der Waals surface area contributed by atoms with E-state index in [0.717, 1.165) is 51.4 Å². The summed E-state index contributed by atoms with van der Waals surface area (Å²) in [6, 6.07) is 0. The number of aliphatic hydroxyl groups excluding tert-OH is 2. The van der Waals surface area contributed by atoms with Gasteiger partial charge in [0.2, 0.25) is 0 Å². The monoisotopic (exact) mass is 310 g/mol. The van der Waals surface area contributed by atoms with Gasteiger partial charge < -0.3 is 10.2 Å². The van der Waals surface area contributed by atoms with Gasteiger partial charge in [0.1, 0.15) is 12.2 Å². The number of hydrogen-bond donors (Lipinski definition) is 2. The third-order valence-corrected chi connectivity index (χ3v) is 5.39. The molecule has 2 atom stereocenters. The van der Waals surface area contributed by atoms with E-state index >= 15 is 0 Å². The molecule has 2 fully saturated rings. The van der Waals surface area contributed by atoms with Gasteiger partial charge in [0.15, 0.2) is 11.6 Å². The Morgan fingerprint density at radius 1 is 0.682 bits per heavy atom. The molecular weight excluding hydrogens is 280 g/mol. The third-order valence-electron chi connectivity index (χ3n) is 5.39. The minimum Gasteiger partial charge on any atom is -0.382 e. The Morgan fingerprint density at radius 2 is 1.00 bits per heavy atom. The van der Waals surface area contributed by atoms with Crippen molar-refractivity contribution in [2.45, 2.75) is 89.3 Å². The van der Waals surface area contributed by atoms with Crippen LogP contribution in [0.5, 0.6) is 0 Å². The van der Waals surface area contributed by atoms with Crippen LogP contribution in [0.4, 0.5) is 0 Å². The Bertz CT molecular complexity index is 331. The molecule has 0 aliphatic heterocycles. The average molecular weight is 310 g/mol. The summed E-state index contributed by atoms with van der Waals surface area (Å²) in [4.78, 5) is 24.2. The van der Waals surface area contributed by atoms with Crippen molar-refractivity contribution in [3.8, 4) is 0 Å². The maximum atomic E-state index is 12.1. The van der Waals surface area contributed by atoms with Gasteiger partial charge in [-0.3, -0.25) is 9.59 Å². The molecule has 0 bridgehead atoms. The van der Waals surface area contributed by atoms with Crippen LogP contribution < -0.4 is 0 Å². The first kappa shape index (κ1) is 17.6. The van der Waals surface area contributed by atoms with Crippen molar-refractivity contribution >= 4 is 11.6 Å². The maximum Gasteiger partial charge on any atom is 0.164 e. The van der Waals surface area contributed by atoms with Crippen molar-refractivity contribution in [3.05, 3.63) is 0 Å². The van der Waals surface area contributed by atoms with Gasteiger partial charge in [-0.2, -0.15) is 0 Å². The number of carbonyl (C=O) groups is 2. The molecule has 4 nitrogen and oxygen atoms in total. The lowest BCUT2D eigenvalue weighted by Gasteiger charge is -2.25. The quantitative estimate of drug-likeness (QED) is 0.758. The first-order valence-electron chi connectivity index (χ1n) is 8.99. The zero-order chi connectivity index (χ0) is 15.9. The predicted molar refractivity (Wildman–Crippen MR) is 84.4 cm³/mol. The second-order valence-corrected chi connectivity index (χ2v) is 7.24. The lowest BCUT2D eigenvalue weighted by Crippen LogP contribution is -2.41. The Morgan fingerprint density at radius 3 is 1.32 bits per heavy atom. The van der Waals surface area contributed by atoms with Gasteiger partial charge in [0.05, 0.1) is 0 Å². The summed E-state index contributed by atoms with van der Waals surface area (Å²) in [7, 11) is 0. The summed E-state index contributed by atoms with van der Waals surface area (Å²) in [6.07, 6.45) is 8.60. The zero-order valence-electron chi connectivity index (χ0n) is 13.5. The van der Waals surface area contributed by atoms with E-state index in [0.29, 0.717) is 24.7 Å². The normalized spacial score (nSPS) is 23.9. The summed E-state index contributed by atoms with van der Waals surface area (Å²) in [5, 5.41) is 20.0. The molecule has 0 radical (unpaired) electrons. The van der Waals surface area contributed by atoms with E-state index in [9.17, 15) is 19.8 Å². The third kappa shape index (κ3) is 5.17. The molecule has 0 heterocycles. The molecule has 126 valence electrons. The van der Waals surface area contributed by atoms with Gasteiger partial charge in [-0.15, -0.1) is 0 Å². The van der Waals surface area contributed by atoms with E-state index < -0.39 is 12.2 Å². The Labute approximate surface area is 133 Å². The topological polar surface area (TPSA) is 74.6 Å². The molecule has 2 saturated carbocycles. The van der Waals surface area contributed by atoms with E-state index in [1.807, 2.05) is 0 Å². The van der Waals surface area contributed by atoms with E-state index in [-0.39, 0.29) is 11.6 Å². The van der Waals surface area contributed by atoms with Gasteiger partial charge in [-0.05, 0) is 11.8 Å². The fraction of sp³-hybridized carbons (Fsp3) is 0.889. The highest BCUT2D eigenvalue weighted by Gasteiger charge is 2.32. The summed E-state index contributed by atoms with van der Waals surface area (Å²) < 4.78 is 0. The molecule has 2 N–H and O–H groups in total. The van der Waals surface area contributed by atoms with Gasteiger partial charge in [0, 0.05) is 12.8 Å². The molecule has 0 aromatic rings. The van der Waals surface area contributed by atoms with Gasteiger partial charge in [0.25, 0.3) is 0 Å². The highest BCUT2D eigenvalue weighted by Crippen LogP contribution is 2.28. The fourth-order valence-corrected chi connectivity index (χ4v) is 3.95. The molecule has 2 aliphatic carbocycles. The number of carbonyl (C=O) groups excluding carboxylic acids is 2. The molecular formula is C18H30O4. The van der Waals surface area contributed by atoms with Crippen LogP contribution in [0.15, 0.2) is 0 Å². The van der Waals surface area contributed by atoms with Crippen molar-refractivity contribution in [1.82, 2.24) is 0 Å². The average Bonchev–Trinajstić information content (AvgIpc) is 2.55. The number of ketones is 2. The van der Waals surface area contributed by atoms with Crippen LogP contribution >= 0.6 is 0 Å². The maximum absolute atomic E-state index is 12.1. The summed E-state index contributed by atoms with van der Waals surface area (Å²) in [6.45, 7) is 0. The molecule has 0 aromatic carbocycles. The van der Waals surface area contributed by atoms with Crippen LogP contribution in [0.2, 0.25) is 0 Å². The highest BCUT2D eigenvalue weighted by atomic mass is 16.3. The minimum absolute atomic E-state index is 0.301. The lowest BCUT2D eigenvalue weighted by atomic mass is 9.82.